The molecule has 0 radical (unpaired) electrons. The normalized spacial score (nSPS) is 12.3. The largest absolute Gasteiger partial charge is 0.508 e. The third-order valence-electron chi connectivity index (χ3n) is 3.70. The highest BCUT2D eigenvalue weighted by Crippen LogP contribution is 2.28. The van der Waals surface area contributed by atoms with Crippen molar-refractivity contribution in [3.63, 3.8) is 0 Å². The van der Waals surface area contributed by atoms with Crippen molar-refractivity contribution in [1.82, 2.24) is 0 Å². The quantitative estimate of drug-likeness (QED) is 0.655. The molecule has 0 saturated heterocycles. The molecule has 1 atom stereocenters. The standard InChI is InChI=1S/C17H26O3/c1-3-5-7-9-15(17(19)20)13-10-11-16(18)14(12-13)8-6-4-2/h10-12,15,18H,3-9H2,1-2H3,(H,19,20). The van der Waals surface area contributed by atoms with Gasteiger partial charge in [0.25, 0.3) is 0 Å². The van der Waals surface area contributed by atoms with E-state index in [4.69, 9.17) is 0 Å². The van der Waals surface area contributed by atoms with Crippen LogP contribution in [0.15, 0.2) is 18.2 Å². The summed E-state index contributed by atoms with van der Waals surface area (Å²) in [5.74, 6) is -0.948. The number of carboxylic acid groups (broad SMARTS) is 1. The summed E-state index contributed by atoms with van der Waals surface area (Å²) in [4.78, 5) is 11.4. The monoisotopic (exact) mass is 278 g/mol. The van der Waals surface area contributed by atoms with E-state index in [1.165, 1.54) is 0 Å². The maximum Gasteiger partial charge on any atom is 0.310 e. The molecule has 3 heteroatoms. The van der Waals surface area contributed by atoms with Gasteiger partial charge in [-0.2, -0.15) is 0 Å². The highest BCUT2D eigenvalue weighted by Gasteiger charge is 2.20. The molecule has 0 aliphatic heterocycles. The van der Waals surface area contributed by atoms with E-state index in [-0.39, 0.29) is 5.75 Å². The van der Waals surface area contributed by atoms with Crippen LogP contribution in [-0.4, -0.2) is 16.2 Å². The van der Waals surface area contributed by atoms with Gasteiger partial charge in [-0.3, -0.25) is 4.79 Å². The van der Waals surface area contributed by atoms with E-state index in [1.807, 2.05) is 6.07 Å². The molecule has 20 heavy (non-hydrogen) atoms. The van der Waals surface area contributed by atoms with Crippen LogP contribution in [-0.2, 0) is 11.2 Å². The fourth-order valence-corrected chi connectivity index (χ4v) is 2.42. The Hall–Kier alpha value is -1.51. The van der Waals surface area contributed by atoms with Gasteiger partial charge in [-0.1, -0.05) is 51.7 Å². The van der Waals surface area contributed by atoms with Gasteiger partial charge in [-0.15, -0.1) is 0 Å². The van der Waals surface area contributed by atoms with Gasteiger partial charge >= 0.3 is 5.97 Å². The third kappa shape index (κ3) is 4.87. The molecule has 0 amide bonds. The van der Waals surface area contributed by atoms with Gasteiger partial charge in [0.1, 0.15) is 5.75 Å². The van der Waals surface area contributed by atoms with E-state index in [0.717, 1.165) is 49.7 Å². The molecule has 1 rings (SSSR count). The summed E-state index contributed by atoms with van der Waals surface area (Å²) in [5.41, 5.74) is 1.68. The summed E-state index contributed by atoms with van der Waals surface area (Å²) in [7, 11) is 0. The number of hydrogen-bond donors (Lipinski definition) is 2. The highest BCUT2D eigenvalue weighted by molar-refractivity contribution is 5.76. The summed E-state index contributed by atoms with van der Waals surface area (Å²) in [6, 6.07) is 5.25. The number of phenolic OH excluding ortho intramolecular Hbond substituents is 1. The number of rotatable bonds is 9. The Labute approximate surface area is 121 Å². The molecular formula is C17H26O3. The van der Waals surface area contributed by atoms with E-state index in [2.05, 4.69) is 13.8 Å². The number of aryl methyl sites for hydroxylation is 1. The Morgan fingerprint density at radius 1 is 1.15 bits per heavy atom. The smallest absolute Gasteiger partial charge is 0.310 e. The van der Waals surface area contributed by atoms with Crippen LogP contribution < -0.4 is 0 Å². The molecule has 112 valence electrons. The predicted molar refractivity (Wildman–Crippen MR) is 81.2 cm³/mol. The lowest BCUT2D eigenvalue weighted by Gasteiger charge is -2.14. The van der Waals surface area contributed by atoms with E-state index in [9.17, 15) is 15.0 Å². The molecule has 0 aromatic heterocycles. The average Bonchev–Trinajstić information content (AvgIpc) is 2.43. The fraction of sp³-hybridized carbons (Fsp3) is 0.588. The third-order valence-corrected chi connectivity index (χ3v) is 3.70. The van der Waals surface area contributed by atoms with Gasteiger partial charge in [-0.25, -0.2) is 0 Å². The molecule has 2 N–H and O–H groups in total. The first-order chi connectivity index (χ1) is 9.60. The lowest BCUT2D eigenvalue weighted by atomic mass is 9.91. The molecular weight excluding hydrogens is 252 g/mol. The number of carbonyl (C=O) groups is 1. The minimum atomic E-state index is -0.770. The molecule has 0 saturated carbocycles. The number of unbranched alkanes of at least 4 members (excludes halogenated alkanes) is 3. The Balaban J connectivity index is 2.87. The Morgan fingerprint density at radius 3 is 2.45 bits per heavy atom. The average molecular weight is 278 g/mol. The van der Waals surface area contributed by atoms with Crippen LogP contribution in [0.1, 0.15) is 69.4 Å². The number of benzene rings is 1. The van der Waals surface area contributed by atoms with Crippen molar-refractivity contribution in [2.45, 2.75) is 64.7 Å². The lowest BCUT2D eigenvalue weighted by molar-refractivity contribution is -0.139. The van der Waals surface area contributed by atoms with Gasteiger partial charge in [0, 0.05) is 0 Å². The van der Waals surface area contributed by atoms with Crippen LogP contribution in [0.25, 0.3) is 0 Å². The minimum absolute atomic E-state index is 0.278. The minimum Gasteiger partial charge on any atom is -0.508 e. The van der Waals surface area contributed by atoms with Crippen molar-refractivity contribution in [2.24, 2.45) is 0 Å². The number of phenols is 1. The van der Waals surface area contributed by atoms with Crippen LogP contribution in [0, 0.1) is 0 Å². The van der Waals surface area contributed by atoms with Crippen molar-refractivity contribution < 1.29 is 15.0 Å². The molecule has 0 aliphatic carbocycles. The second-order valence-corrected chi connectivity index (χ2v) is 5.38. The summed E-state index contributed by atoms with van der Waals surface area (Å²) >= 11 is 0. The summed E-state index contributed by atoms with van der Waals surface area (Å²) in [6.07, 6.45) is 6.61. The Kier molecular flexibility index (Phi) is 7.13. The summed E-state index contributed by atoms with van der Waals surface area (Å²) < 4.78 is 0. The number of carboxylic acids is 1. The first-order valence-electron chi connectivity index (χ1n) is 7.64. The van der Waals surface area contributed by atoms with Crippen LogP contribution in [0.3, 0.4) is 0 Å². The van der Waals surface area contributed by atoms with Crippen molar-refractivity contribution in [3.05, 3.63) is 29.3 Å². The Bertz CT molecular complexity index is 426. The van der Waals surface area contributed by atoms with Crippen LogP contribution >= 0.6 is 0 Å². The molecule has 0 bridgehead atoms. The van der Waals surface area contributed by atoms with Gasteiger partial charge in [-0.05, 0) is 36.5 Å². The van der Waals surface area contributed by atoms with Crippen molar-refractivity contribution >= 4 is 5.97 Å². The number of aromatic hydroxyl groups is 1. The van der Waals surface area contributed by atoms with Crippen LogP contribution in [0.2, 0.25) is 0 Å². The van der Waals surface area contributed by atoms with Gasteiger partial charge in [0.2, 0.25) is 0 Å². The summed E-state index contributed by atoms with van der Waals surface area (Å²) in [5, 5.41) is 19.2. The van der Waals surface area contributed by atoms with E-state index >= 15 is 0 Å². The molecule has 3 nitrogen and oxygen atoms in total. The van der Waals surface area contributed by atoms with Crippen LogP contribution in [0.5, 0.6) is 5.75 Å². The van der Waals surface area contributed by atoms with Gasteiger partial charge < -0.3 is 10.2 Å². The SMILES string of the molecule is CCCCCC(C(=O)O)c1ccc(O)c(CCCC)c1. The van der Waals surface area contributed by atoms with Crippen LogP contribution in [0.4, 0.5) is 0 Å². The van der Waals surface area contributed by atoms with Gasteiger partial charge in [0.15, 0.2) is 0 Å². The van der Waals surface area contributed by atoms with Gasteiger partial charge in [0.05, 0.1) is 5.92 Å². The van der Waals surface area contributed by atoms with E-state index in [1.54, 1.807) is 12.1 Å². The zero-order valence-corrected chi connectivity index (χ0v) is 12.6. The zero-order valence-electron chi connectivity index (χ0n) is 12.6. The van der Waals surface area contributed by atoms with E-state index < -0.39 is 11.9 Å². The highest BCUT2D eigenvalue weighted by atomic mass is 16.4. The molecule has 1 aromatic rings. The maximum atomic E-state index is 11.4. The van der Waals surface area contributed by atoms with E-state index in [0.29, 0.717) is 6.42 Å². The topological polar surface area (TPSA) is 57.5 Å². The first kappa shape index (κ1) is 16.5. The first-order valence-corrected chi connectivity index (χ1v) is 7.64. The number of hydrogen-bond acceptors (Lipinski definition) is 2. The molecule has 0 spiro atoms. The van der Waals surface area contributed by atoms with Crippen molar-refractivity contribution in [1.29, 1.82) is 0 Å². The molecule has 0 heterocycles. The van der Waals surface area contributed by atoms with Crippen molar-refractivity contribution in [2.75, 3.05) is 0 Å². The molecule has 0 aliphatic rings. The zero-order chi connectivity index (χ0) is 15.0. The second kappa shape index (κ2) is 8.62. The molecule has 0 fully saturated rings. The lowest BCUT2D eigenvalue weighted by Crippen LogP contribution is -2.12. The summed E-state index contributed by atoms with van der Waals surface area (Å²) in [6.45, 7) is 4.21. The molecule has 1 aromatic carbocycles. The fourth-order valence-electron chi connectivity index (χ4n) is 2.42. The Morgan fingerprint density at radius 2 is 1.85 bits per heavy atom. The molecule has 1 unspecified atom stereocenters. The predicted octanol–water partition coefficient (Wildman–Crippen LogP) is 4.48. The van der Waals surface area contributed by atoms with Crippen molar-refractivity contribution in [3.8, 4) is 5.75 Å². The number of aliphatic carboxylic acids is 1. The maximum absolute atomic E-state index is 11.4. The second-order valence-electron chi connectivity index (χ2n) is 5.38.